The molecule has 1 atom stereocenters. The lowest BCUT2D eigenvalue weighted by molar-refractivity contribution is -0.123. The lowest BCUT2D eigenvalue weighted by Gasteiger charge is -2.23. The van der Waals surface area contributed by atoms with E-state index in [1.54, 1.807) is 0 Å². The summed E-state index contributed by atoms with van der Waals surface area (Å²) in [6, 6.07) is 24.2. The van der Waals surface area contributed by atoms with Crippen LogP contribution in [0.25, 0.3) is 0 Å². The molecule has 3 aromatic rings. The molecule has 0 saturated heterocycles. The Bertz CT molecular complexity index is 981. The van der Waals surface area contributed by atoms with Crippen LogP contribution in [0.4, 0.5) is 0 Å². The number of amides is 1. The fraction of sp³-hybridized carbons (Fsp3) is 0.269. The third kappa shape index (κ3) is 4.51. The molecule has 148 valence electrons. The normalized spacial score (nSPS) is 14.0. The van der Waals surface area contributed by atoms with Crippen molar-refractivity contribution >= 4 is 5.91 Å². The zero-order valence-electron chi connectivity index (χ0n) is 16.9. The second-order valence-electron chi connectivity index (χ2n) is 7.66. The van der Waals surface area contributed by atoms with E-state index in [1.807, 2.05) is 54.6 Å². The first-order chi connectivity index (χ1) is 14.2. The molecule has 0 fully saturated rings. The van der Waals surface area contributed by atoms with Gasteiger partial charge in [-0.05, 0) is 66.5 Å². The van der Waals surface area contributed by atoms with E-state index in [-0.39, 0.29) is 18.6 Å². The predicted molar refractivity (Wildman–Crippen MR) is 116 cm³/mol. The maximum atomic E-state index is 12.8. The third-order valence-corrected chi connectivity index (χ3v) is 5.65. The van der Waals surface area contributed by atoms with E-state index in [9.17, 15) is 4.79 Å². The summed E-state index contributed by atoms with van der Waals surface area (Å²) in [5, 5.41) is 3.18. The summed E-state index contributed by atoms with van der Waals surface area (Å²) in [5.74, 6) is 0.736. The Labute approximate surface area is 172 Å². The Morgan fingerprint density at radius 3 is 2.52 bits per heavy atom. The van der Waals surface area contributed by atoms with Crippen LogP contribution < -0.4 is 10.1 Å². The number of carbonyl (C=O) groups excluding carboxylic acids is 1. The average Bonchev–Trinajstić information content (AvgIpc) is 2.77. The number of hydrogen-bond donors (Lipinski definition) is 1. The van der Waals surface area contributed by atoms with Gasteiger partial charge in [0.15, 0.2) is 6.61 Å². The van der Waals surface area contributed by atoms with Gasteiger partial charge in [0.2, 0.25) is 0 Å². The van der Waals surface area contributed by atoms with Crippen LogP contribution in [0.5, 0.6) is 5.75 Å². The van der Waals surface area contributed by atoms with E-state index in [4.69, 9.17) is 4.74 Å². The Kier molecular flexibility index (Phi) is 5.95. The number of rotatable bonds is 6. The molecule has 1 aliphatic carbocycles. The lowest BCUT2D eigenvalue weighted by Crippen LogP contribution is -2.33. The van der Waals surface area contributed by atoms with Gasteiger partial charge in [0, 0.05) is 0 Å². The van der Waals surface area contributed by atoms with Crippen LogP contribution in [0.3, 0.4) is 0 Å². The highest BCUT2D eigenvalue weighted by atomic mass is 16.5. The van der Waals surface area contributed by atoms with Gasteiger partial charge in [-0.1, -0.05) is 66.7 Å². The molecule has 0 bridgehead atoms. The van der Waals surface area contributed by atoms with Crippen molar-refractivity contribution in [2.24, 2.45) is 0 Å². The topological polar surface area (TPSA) is 38.3 Å². The molecule has 1 amide bonds. The quantitative estimate of drug-likeness (QED) is 0.637. The first-order valence-electron chi connectivity index (χ1n) is 10.4. The number of ether oxygens (including phenoxy) is 1. The van der Waals surface area contributed by atoms with Crippen molar-refractivity contribution in [2.45, 2.75) is 38.6 Å². The zero-order valence-corrected chi connectivity index (χ0v) is 16.9. The lowest BCUT2D eigenvalue weighted by atomic mass is 9.91. The third-order valence-electron chi connectivity index (χ3n) is 5.65. The highest BCUT2D eigenvalue weighted by Gasteiger charge is 2.19. The minimum absolute atomic E-state index is 0.0195. The van der Waals surface area contributed by atoms with Gasteiger partial charge in [0.05, 0.1) is 6.04 Å². The largest absolute Gasteiger partial charge is 0.483 e. The van der Waals surface area contributed by atoms with Crippen LogP contribution in [0.15, 0.2) is 72.8 Å². The summed E-state index contributed by atoms with van der Waals surface area (Å²) < 4.78 is 5.96. The number of fused-ring (bicyclic) bond motifs is 1. The maximum absolute atomic E-state index is 12.8. The number of carbonyl (C=O) groups is 1. The van der Waals surface area contributed by atoms with Crippen LogP contribution in [0.2, 0.25) is 0 Å². The summed E-state index contributed by atoms with van der Waals surface area (Å²) in [5.41, 5.74) is 5.94. The van der Waals surface area contributed by atoms with Gasteiger partial charge in [-0.25, -0.2) is 0 Å². The van der Waals surface area contributed by atoms with E-state index in [1.165, 1.54) is 24.0 Å². The second kappa shape index (κ2) is 8.95. The van der Waals surface area contributed by atoms with Crippen LogP contribution in [-0.2, 0) is 17.6 Å². The van der Waals surface area contributed by atoms with Crippen molar-refractivity contribution in [1.82, 2.24) is 5.32 Å². The number of benzene rings is 3. The number of nitrogens with one attached hydrogen (secondary N) is 1. The highest BCUT2D eigenvalue weighted by molar-refractivity contribution is 5.78. The molecule has 0 aliphatic heterocycles. The first-order valence-corrected chi connectivity index (χ1v) is 10.4. The van der Waals surface area contributed by atoms with Crippen molar-refractivity contribution in [1.29, 1.82) is 0 Å². The van der Waals surface area contributed by atoms with E-state index >= 15 is 0 Å². The molecule has 0 heterocycles. The maximum Gasteiger partial charge on any atom is 0.258 e. The molecule has 3 heteroatoms. The Morgan fingerprint density at radius 2 is 1.69 bits per heavy atom. The van der Waals surface area contributed by atoms with Gasteiger partial charge in [-0.3, -0.25) is 4.79 Å². The molecule has 0 saturated carbocycles. The Balaban J connectivity index is 1.50. The zero-order chi connectivity index (χ0) is 20.1. The summed E-state index contributed by atoms with van der Waals surface area (Å²) in [7, 11) is 0. The summed E-state index contributed by atoms with van der Waals surface area (Å²) in [6.45, 7) is 2.09. The van der Waals surface area contributed by atoms with Crippen molar-refractivity contribution in [3.05, 3.63) is 101 Å². The monoisotopic (exact) mass is 385 g/mol. The molecule has 3 nitrogen and oxygen atoms in total. The molecular formula is C26H27NO2. The minimum atomic E-state index is -0.196. The number of hydrogen-bond acceptors (Lipinski definition) is 2. The van der Waals surface area contributed by atoms with E-state index in [0.29, 0.717) is 0 Å². The molecule has 1 N–H and O–H groups in total. The van der Waals surface area contributed by atoms with Gasteiger partial charge in [0.25, 0.3) is 5.91 Å². The van der Waals surface area contributed by atoms with Crippen LogP contribution in [0.1, 0.15) is 46.7 Å². The van der Waals surface area contributed by atoms with Gasteiger partial charge < -0.3 is 10.1 Å². The molecule has 0 radical (unpaired) electrons. The molecule has 0 aromatic heterocycles. The van der Waals surface area contributed by atoms with Crippen molar-refractivity contribution < 1.29 is 9.53 Å². The Hall–Kier alpha value is -3.07. The summed E-state index contributed by atoms with van der Waals surface area (Å²) in [6.07, 6.45) is 4.54. The first kappa shape index (κ1) is 19.3. The van der Waals surface area contributed by atoms with E-state index < -0.39 is 0 Å². The molecule has 0 spiro atoms. The van der Waals surface area contributed by atoms with E-state index in [2.05, 4.69) is 30.4 Å². The van der Waals surface area contributed by atoms with E-state index in [0.717, 1.165) is 35.3 Å². The molecule has 4 rings (SSSR count). The Morgan fingerprint density at radius 1 is 0.931 bits per heavy atom. The van der Waals surface area contributed by atoms with Gasteiger partial charge in [0.1, 0.15) is 5.75 Å². The summed E-state index contributed by atoms with van der Waals surface area (Å²) in [4.78, 5) is 12.8. The summed E-state index contributed by atoms with van der Waals surface area (Å²) >= 11 is 0. The number of aryl methyl sites for hydroxylation is 2. The van der Waals surface area contributed by atoms with Gasteiger partial charge >= 0.3 is 0 Å². The molecular weight excluding hydrogens is 358 g/mol. The minimum Gasteiger partial charge on any atom is -0.483 e. The SMILES string of the molecule is Cc1ccccc1[C@H](NC(=O)COc1cccc2c1CCCC2)c1ccccc1. The molecule has 1 aliphatic rings. The van der Waals surface area contributed by atoms with Crippen molar-refractivity contribution in [3.63, 3.8) is 0 Å². The average molecular weight is 386 g/mol. The standard InChI is InChI=1S/C26H27NO2/c1-19-10-5-7-15-22(19)26(21-12-3-2-4-13-21)27-25(28)18-29-24-17-9-14-20-11-6-8-16-23(20)24/h2-5,7,9-10,12-15,17,26H,6,8,11,16,18H2,1H3,(H,27,28)/t26-/m1/s1. The molecule has 3 aromatic carbocycles. The predicted octanol–water partition coefficient (Wildman–Crippen LogP) is 5.16. The van der Waals surface area contributed by atoms with Crippen molar-refractivity contribution in [3.8, 4) is 5.75 Å². The molecule has 29 heavy (non-hydrogen) atoms. The molecule has 0 unspecified atom stereocenters. The fourth-order valence-corrected chi connectivity index (χ4v) is 4.12. The fourth-order valence-electron chi connectivity index (χ4n) is 4.12. The second-order valence-corrected chi connectivity index (χ2v) is 7.66. The van der Waals surface area contributed by atoms with Crippen LogP contribution >= 0.6 is 0 Å². The smallest absolute Gasteiger partial charge is 0.258 e. The van der Waals surface area contributed by atoms with Crippen LogP contribution in [0, 0.1) is 6.92 Å². The van der Waals surface area contributed by atoms with Gasteiger partial charge in [-0.15, -0.1) is 0 Å². The van der Waals surface area contributed by atoms with Crippen LogP contribution in [-0.4, -0.2) is 12.5 Å². The highest BCUT2D eigenvalue weighted by Crippen LogP contribution is 2.29. The van der Waals surface area contributed by atoms with Gasteiger partial charge in [-0.2, -0.15) is 0 Å². The van der Waals surface area contributed by atoms with Crippen molar-refractivity contribution in [2.75, 3.05) is 6.61 Å².